The maximum Gasteiger partial charge on any atom is 0.335 e. The standard InChI is InChI=1S/C12H11NO3S/c1-7-8(2)16-12(13-7)17-10-5-3-4-9(6-10)11(14)15/h3-6H,1-2H3,(H,14,15). The summed E-state index contributed by atoms with van der Waals surface area (Å²) < 4.78 is 5.42. The van der Waals surface area contributed by atoms with Crippen LogP contribution >= 0.6 is 11.8 Å². The van der Waals surface area contributed by atoms with Crippen LogP contribution in [0.3, 0.4) is 0 Å². The first-order valence-electron chi connectivity index (χ1n) is 5.01. The summed E-state index contributed by atoms with van der Waals surface area (Å²) in [7, 11) is 0. The Morgan fingerprint density at radius 2 is 2.18 bits per heavy atom. The van der Waals surface area contributed by atoms with Crippen LogP contribution in [0.5, 0.6) is 0 Å². The van der Waals surface area contributed by atoms with Gasteiger partial charge >= 0.3 is 5.97 Å². The lowest BCUT2D eigenvalue weighted by Gasteiger charge is -1.98. The number of carboxylic acids is 1. The van der Waals surface area contributed by atoms with Crippen LogP contribution in [0.2, 0.25) is 0 Å². The molecule has 0 fully saturated rings. The van der Waals surface area contributed by atoms with E-state index < -0.39 is 5.97 Å². The Morgan fingerprint density at radius 1 is 1.41 bits per heavy atom. The predicted octanol–water partition coefficient (Wildman–Crippen LogP) is 3.14. The summed E-state index contributed by atoms with van der Waals surface area (Å²) in [4.78, 5) is 15.8. The van der Waals surface area contributed by atoms with Crippen LogP contribution in [0.4, 0.5) is 0 Å². The van der Waals surface area contributed by atoms with E-state index in [2.05, 4.69) is 4.98 Å². The Morgan fingerprint density at radius 3 is 2.76 bits per heavy atom. The highest BCUT2D eigenvalue weighted by molar-refractivity contribution is 7.99. The highest BCUT2D eigenvalue weighted by Crippen LogP contribution is 2.28. The number of aromatic nitrogens is 1. The Kier molecular flexibility index (Phi) is 3.19. The number of nitrogens with zero attached hydrogens (tertiary/aromatic N) is 1. The topological polar surface area (TPSA) is 63.3 Å². The van der Waals surface area contributed by atoms with Gasteiger partial charge in [-0.1, -0.05) is 6.07 Å². The Hall–Kier alpha value is -1.75. The SMILES string of the molecule is Cc1nc(Sc2cccc(C(=O)O)c2)oc1C. The lowest BCUT2D eigenvalue weighted by molar-refractivity contribution is 0.0696. The Labute approximate surface area is 103 Å². The van der Waals surface area contributed by atoms with Crippen LogP contribution in [-0.4, -0.2) is 16.1 Å². The van der Waals surface area contributed by atoms with E-state index in [-0.39, 0.29) is 5.56 Å². The van der Waals surface area contributed by atoms with Crippen molar-refractivity contribution in [3.63, 3.8) is 0 Å². The third-order valence-corrected chi connectivity index (χ3v) is 3.13. The van der Waals surface area contributed by atoms with Gasteiger partial charge in [0, 0.05) is 4.90 Å². The number of oxazole rings is 1. The minimum Gasteiger partial charge on any atom is -0.478 e. The second kappa shape index (κ2) is 4.63. The van der Waals surface area contributed by atoms with Gasteiger partial charge in [0.25, 0.3) is 5.22 Å². The number of carboxylic acid groups (broad SMARTS) is 1. The fourth-order valence-corrected chi connectivity index (χ4v) is 2.16. The van der Waals surface area contributed by atoms with Gasteiger partial charge in [-0.15, -0.1) is 0 Å². The van der Waals surface area contributed by atoms with Gasteiger partial charge in [-0.2, -0.15) is 0 Å². The second-order valence-corrected chi connectivity index (χ2v) is 4.58. The lowest BCUT2D eigenvalue weighted by atomic mass is 10.2. The molecule has 0 radical (unpaired) electrons. The largest absolute Gasteiger partial charge is 0.478 e. The molecule has 2 aromatic rings. The molecule has 1 aromatic carbocycles. The monoisotopic (exact) mass is 249 g/mol. The second-order valence-electron chi connectivity index (χ2n) is 3.56. The van der Waals surface area contributed by atoms with Crippen LogP contribution in [0, 0.1) is 13.8 Å². The molecule has 0 bridgehead atoms. The molecule has 0 aliphatic carbocycles. The summed E-state index contributed by atoms with van der Waals surface area (Å²) in [6.07, 6.45) is 0. The van der Waals surface area contributed by atoms with Crippen LogP contribution in [0.15, 0.2) is 38.8 Å². The molecular weight excluding hydrogens is 238 g/mol. The van der Waals surface area contributed by atoms with E-state index in [1.807, 2.05) is 19.9 Å². The summed E-state index contributed by atoms with van der Waals surface area (Å²) in [6, 6.07) is 6.68. The number of benzene rings is 1. The average Bonchev–Trinajstić information content (AvgIpc) is 2.58. The van der Waals surface area contributed by atoms with Gasteiger partial charge in [-0.25, -0.2) is 9.78 Å². The predicted molar refractivity (Wildman–Crippen MR) is 63.5 cm³/mol. The van der Waals surface area contributed by atoms with Gasteiger partial charge in [0.1, 0.15) is 5.76 Å². The zero-order valence-electron chi connectivity index (χ0n) is 9.43. The number of rotatable bonds is 3. The molecular formula is C12H11NO3S. The number of aromatic carboxylic acids is 1. The van der Waals surface area contributed by atoms with Crippen LogP contribution in [-0.2, 0) is 0 Å². The molecule has 1 heterocycles. The van der Waals surface area contributed by atoms with E-state index >= 15 is 0 Å². The molecule has 0 saturated carbocycles. The third-order valence-electron chi connectivity index (χ3n) is 2.30. The van der Waals surface area contributed by atoms with Gasteiger partial charge in [0.15, 0.2) is 0 Å². The van der Waals surface area contributed by atoms with E-state index in [1.165, 1.54) is 11.8 Å². The first-order valence-corrected chi connectivity index (χ1v) is 5.83. The molecule has 0 aliphatic rings. The van der Waals surface area contributed by atoms with Gasteiger partial charge in [-0.3, -0.25) is 0 Å². The molecule has 0 amide bonds. The van der Waals surface area contributed by atoms with Gasteiger partial charge in [-0.05, 0) is 43.8 Å². The van der Waals surface area contributed by atoms with Gasteiger partial charge in [0.2, 0.25) is 0 Å². The van der Waals surface area contributed by atoms with Gasteiger partial charge in [0.05, 0.1) is 11.3 Å². The molecule has 4 nitrogen and oxygen atoms in total. The van der Waals surface area contributed by atoms with E-state index in [1.54, 1.807) is 18.2 Å². The minimum absolute atomic E-state index is 0.259. The van der Waals surface area contributed by atoms with Crippen molar-refractivity contribution in [2.24, 2.45) is 0 Å². The maximum atomic E-state index is 10.8. The summed E-state index contributed by atoms with van der Waals surface area (Å²) in [5.41, 5.74) is 1.11. The molecule has 1 aromatic heterocycles. The van der Waals surface area contributed by atoms with Crippen molar-refractivity contribution >= 4 is 17.7 Å². The molecule has 17 heavy (non-hydrogen) atoms. The Balaban J connectivity index is 2.24. The van der Waals surface area contributed by atoms with E-state index in [0.29, 0.717) is 5.22 Å². The third kappa shape index (κ3) is 2.68. The molecule has 5 heteroatoms. The minimum atomic E-state index is -0.938. The van der Waals surface area contributed by atoms with Crippen molar-refractivity contribution < 1.29 is 14.3 Å². The number of hydrogen-bond donors (Lipinski definition) is 1. The normalized spacial score (nSPS) is 10.5. The van der Waals surface area contributed by atoms with Crippen molar-refractivity contribution in [3.05, 3.63) is 41.3 Å². The van der Waals surface area contributed by atoms with E-state index in [0.717, 1.165) is 16.3 Å². The van der Waals surface area contributed by atoms with Crippen LogP contribution < -0.4 is 0 Å². The highest BCUT2D eigenvalue weighted by Gasteiger charge is 2.09. The van der Waals surface area contributed by atoms with Crippen molar-refractivity contribution in [1.82, 2.24) is 4.98 Å². The summed E-state index contributed by atoms with van der Waals surface area (Å²) in [6.45, 7) is 3.72. The molecule has 0 aliphatic heterocycles. The fourth-order valence-electron chi connectivity index (χ4n) is 1.28. The molecule has 1 N–H and O–H groups in total. The highest BCUT2D eigenvalue weighted by atomic mass is 32.2. The average molecular weight is 249 g/mol. The number of aryl methyl sites for hydroxylation is 2. The van der Waals surface area contributed by atoms with E-state index in [9.17, 15) is 4.79 Å². The quantitative estimate of drug-likeness (QED) is 0.905. The summed E-state index contributed by atoms with van der Waals surface area (Å²) in [5, 5.41) is 9.41. The number of carbonyl (C=O) groups is 1. The van der Waals surface area contributed by atoms with Crippen molar-refractivity contribution in [1.29, 1.82) is 0 Å². The van der Waals surface area contributed by atoms with Crippen molar-refractivity contribution in [2.75, 3.05) is 0 Å². The molecule has 0 spiro atoms. The molecule has 88 valence electrons. The van der Waals surface area contributed by atoms with Crippen molar-refractivity contribution in [2.45, 2.75) is 24.0 Å². The zero-order valence-corrected chi connectivity index (χ0v) is 10.2. The molecule has 0 saturated heterocycles. The Bertz CT molecular complexity index is 543. The van der Waals surface area contributed by atoms with Gasteiger partial charge < -0.3 is 9.52 Å². The van der Waals surface area contributed by atoms with Crippen LogP contribution in [0.1, 0.15) is 21.8 Å². The smallest absolute Gasteiger partial charge is 0.335 e. The summed E-state index contributed by atoms with van der Waals surface area (Å²) >= 11 is 1.31. The number of hydrogen-bond acceptors (Lipinski definition) is 4. The fraction of sp³-hybridized carbons (Fsp3) is 0.167. The van der Waals surface area contributed by atoms with E-state index in [4.69, 9.17) is 9.52 Å². The zero-order chi connectivity index (χ0) is 12.4. The van der Waals surface area contributed by atoms with Crippen LogP contribution in [0.25, 0.3) is 0 Å². The molecule has 2 rings (SSSR count). The first-order chi connectivity index (χ1) is 8.06. The maximum absolute atomic E-state index is 10.8. The lowest BCUT2D eigenvalue weighted by Crippen LogP contribution is -1.95. The first kappa shape index (κ1) is 11.7. The molecule has 0 atom stereocenters. The molecule has 0 unspecified atom stereocenters. The van der Waals surface area contributed by atoms with Crippen molar-refractivity contribution in [3.8, 4) is 0 Å². The summed E-state index contributed by atoms with van der Waals surface area (Å²) in [5.74, 6) is -0.158.